The Morgan fingerprint density at radius 3 is 2.50 bits per heavy atom. The third kappa shape index (κ3) is 4.25. The molecule has 0 fully saturated rings. The third-order valence-electron chi connectivity index (χ3n) is 5.48. The summed E-state index contributed by atoms with van der Waals surface area (Å²) in [6, 6.07) is 12.9. The number of nitrogen functional groups attached to an aromatic ring is 2. The Balaban J connectivity index is 1.54. The molecule has 10 heteroatoms. The Labute approximate surface area is 204 Å². The number of halogens is 2. The van der Waals surface area contributed by atoms with E-state index in [4.69, 9.17) is 44.4 Å². The molecule has 34 heavy (non-hydrogen) atoms. The van der Waals surface area contributed by atoms with E-state index in [1.807, 2.05) is 36.4 Å². The average molecular weight is 493 g/mol. The maximum Gasteiger partial charge on any atom is 0.339 e. The molecule has 0 amide bonds. The molecule has 0 atom stereocenters. The van der Waals surface area contributed by atoms with Crippen LogP contribution in [0.1, 0.15) is 39.4 Å². The molecule has 0 spiro atoms. The van der Waals surface area contributed by atoms with E-state index in [0.717, 1.165) is 34.2 Å². The van der Waals surface area contributed by atoms with E-state index in [2.05, 4.69) is 15.0 Å². The van der Waals surface area contributed by atoms with Crippen molar-refractivity contribution in [3.05, 3.63) is 80.7 Å². The van der Waals surface area contributed by atoms with Gasteiger partial charge in [-0.25, -0.2) is 9.78 Å². The highest BCUT2D eigenvalue weighted by molar-refractivity contribution is 6.42. The van der Waals surface area contributed by atoms with Crippen molar-refractivity contribution in [1.82, 2.24) is 19.9 Å². The fourth-order valence-corrected chi connectivity index (χ4v) is 4.35. The molecule has 5 rings (SSSR count). The van der Waals surface area contributed by atoms with E-state index in [1.54, 1.807) is 12.1 Å². The maximum absolute atomic E-state index is 13.3. The van der Waals surface area contributed by atoms with Gasteiger partial charge in [-0.05, 0) is 53.8 Å². The van der Waals surface area contributed by atoms with Crippen LogP contribution in [-0.2, 0) is 17.8 Å². The zero-order chi connectivity index (χ0) is 23.8. The van der Waals surface area contributed by atoms with Crippen molar-refractivity contribution >= 4 is 63.6 Å². The minimum Gasteiger partial charge on any atom is -0.454 e. The quantitative estimate of drug-likeness (QED) is 0.390. The van der Waals surface area contributed by atoms with E-state index < -0.39 is 5.97 Å². The number of nitrogens with two attached hydrogens (primary N) is 2. The first kappa shape index (κ1) is 22.1. The Morgan fingerprint density at radius 2 is 1.74 bits per heavy atom. The number of hydrogen-bond donors (Lipinski definition) is 2. The lowest BCUT2D eigenvalue weighted by atomic mass is 10.0. The second-order valence-electron chi connectivity index (χ2n) is 7.72. The molecule has 1 aliphatic rings. The smallest absolute Gasteiger partial charge is 0.339 e. The highest BCUT2D eigenvalue weighted by atomic mass is 35.5. The standard InChI is InChI=1S/C24H18Cl2N6O2/c25-16-8-5-12(10-17(16)26)9-13-6-7-15-20(14-3-1-2-4-18(14)29-21(13)15)22(33)34-11-19-30-23(27)32-24(28)31-19/h1-5,8-10H,6-7,11H2,(H4,27,28,30,31,32)/b13-9+. The van der Waals surface area contributed by atoms with E-state index >= 15 is 0 Å². The summed E-state index contributed by atoms with van der Waals surface area (Å²) in [5, 5.41) is 1.69. The lowest BCUT2D eigenvalue weighted by molar-refractivity contribution is 0.0463. The molecule has 0 bridgehead atoms. The molecule has 4 aromatic rings. The van der Waals surface area contributed by atoms with Gasteiger partial charge in [0, 0.05) is 5.39 Å². The van der Waals surface area contributed by atoms with Gasteiger partial charge in [-0.15, -0.1) is 0 Å². The van der Waals surface area contributed by atoms with Gasteiger partial charge in [0.2, 0.25) is 11.9 Å². The molecule has 0 saturated carbocycles. The summed E-state index contributed by atoms with van der Waals surface area (Å²) in [7, 11) is 0. The number of benzene rings is 2. The number of carbonyl (C=O) groups excluding carboxylic acids is 1. The van der Waals surface area contributed by atoms with Crippen LogP contribution in [0.15, 0.2) is 42.5 Å². The lowest BCUT2D eigenvalue weighted by Gasteiger charge is -2.12. The van der Waals surface area contributed by atoms with Crippen molar-refractivity contribution in [3.63, 3.8) is 0 Å². The van der Waals surface area contributed by atoms with Gasteiger partial charge >= 0.3 is 5.97 Å². The summed E-state index contributed by atoms with van der Waals surface area (Å²) in [6.07, 6.45) is 3.39. The maximum atomic E-state index is 13.3. The van der Waals surface area contributed by atoms with Gasteiger partial charge in [0.15, 0.2) is 12.4 Å². The first-order valence-corrected chi connectivity index (χ1v) is 11.2. The van der Waals surface area contributed by atoms with Crippen molar-refractivity contribution < 1.29 is 9.53 Å². The highest BCUT2D eigenvalue weighted by Gasteiger charge is 2.28. The van der Waals surface area contributed by atoms with Crippen LogP contribution in [0.2, 0.25) is 10.0 Å². The number of aromatic nitrogens is 4. The fourth-order valence-electron chi connectivity index (χ4n) is 4.04. The molecule has 2 heterocycles. The molecule has 2 aromatic heterocycles. The van der Waals surface area contributed by atoms with Gasteiger partial charge < -0.3 is 16.2 Å². The second-order valence-corrected chi connectivity index (χ2v) is 8.53. The number of esters is 1. The summed E-state index contributed by atoms with van der Waals surface area (Å²) < 4.78 is 5.56. The third-order valence-corrected chi connectivity index (χ3v) is 6.22. The van der Waals surface area contributed by atoms with Crippen LogP contribution < -0.4 is 11.5 Å². The van der Waals surface area contributed by atoms with Crippen LogP contribution in [0.3, 0.4) is 0 Å². The first-order chi connectivity index (χ1) is 16.4. The van der Waals surface area contributed by atoms with Crippen LogP contribution in [0.4, 0.5) is 11.9 Å². The fraction of sp³-hybridized carbons (Fsp3) is 0.125. The van der Waals surface area contributed by atoms with Crippen molar-refractivity contribution in [2.45, 2.75) is 19.4 Å². The van der Waals surface area contributed by atoms with Crippen molar-refractivity contribution in [1.29, 1.82) is 0 Å². The topological polar surface area (TPSA) is 130 Å². The van der Waals surface area contributed by atoms with Gasteiger partial charge in [0.25, 0.3) is 0 Å². The number of allylic oxidation sites excluding steroid dienone is 1. The molecular formula is C24H18Cl2N6O2. The molecule has 0 aliphatic heterocycles. The summed E-state index contributed by atoms with van der Waals surface area (Å²) in [6.45, 7) is -0.187. The summed E-state index contributed by atoms with van der Waals surface area (Å²) in [5.41, 5.74) is 15.9. The number of para-hydroxylation sites is 1. The first-order valence-electron chi connectivity index (χ1n) is 10.4. The molecule has 0 unspecified atom stereocenters. The average Bonchev–Trinajstić information content (AvgIpc) is 3.19. The van der Waals surface area contributed by atoms with Crippen molar-refractivity contribution in [2.75, 3.05) is 11.5 Å². The lowest BCUT2D eigenvalue weighted by Crippen LogP contribution is -2.13. The van der Waals surface area contributed by atoms with Crippen LogP contribution in [-0.4, -0.2) is 25.9 Å². The van der Waals surface area contributed by atoms with E-state index in [1.165, 1.54) is 0 Å². The number of anilines is 2. The summed E-state index contributed by atoms with van der Waals surface area (Å²) in [5.74, 6) is -0.395. The Hall–Kier alpha value is -3.75. The Bertz CT molecular complexity index is 1470. The molecule has 1 aliphatic carbocycles. The molecule has 2 aromatic carbocycles. The van der Waals surface area contributed by atoms with E-state index in [0.29, 0.717) is 27.5 Å². The van der Waals surface area contributed by atoms with E-state index in [-0.39, 0.29) is 24.3 Å². The zero-order valence-electron chi connectivity index (χ0n) is 17.8. The number of nitrogens with zero attached hydrogens (tertiary/aromatic N) is 4. The molecule has 0 saturated heterocycles. The summed E-state index contributed by atoms with van der Waals surface area (Å²) >= 11 is 12.2. The van der Waals surface area contributed by atoms with Gasteiger partial charge in [-0.1, -0.05) is 47.5 Å². The molecule has 0 radical (unpaired) electrons. The summed E-state index contributed by atoms with van der Waals surface area (Å²) in [4.78, 5) is 29.8. The normalized spacial score (nSPS) is 13.9. The molecule has 170 valence electrons. The monoisotopic (exact) mass is 492 g/mol. The minimum absolute atomic E-state index is 0.0362. The van der Waals surface area contributed by atoms with Gasteiger partial charge in [0.05, 0.1) is 26.8 Å². The highest BCUT2D eigenvalue weighted by Crippen LogP contribution is 2.38. The zero-order valence-corrected chi connectivity index (χ0v) is 19.3. The van der Waals surface area contributed by atoms with Crippen LogP contribution in [0.5, 0.6) is 0 Å². The van der Waals surface area contributed by atoms with Crippen molar-refractivity contribution in [3.8, 4) is 0 Å². The SMILES string of the molecule is Nc1nc(N)nc(COC(=O)c2c3c(nc4ccccc24)/C(=C/c2ccc(Cl)c(Cl)c2)CC3)n1. The van der Waals surface area contributed by atoms with Gasteiger partial charge in [0.1, 0.15) is 0 Å². The number of ether oxygens (including phenoxy) is 1. The largest absolute Gasteiger partial charge is 0.454 e. The number of pyridine rings is 1. The number of carbonyl (C=O) groups is 1. The van der Waals surface area contributed by atoms with Crippen LogP contribution >= 0.6 is 23.2 Å². The second kappa shape index (κ2) is 8.89. The minimum atomic E-state index is -0.497. The number of hydrogen-bond acceptors (Lipinski definition) is 8. The van der Waals surface area contributed by atoms with Crippen molar-refractivity contribution in [2.24, 2.45) is 0 Å². The van der Waals surface area contributed by atoms with Gasteiger partial charge in [-0.2, -0.15) is 15.0 Å². The number of fused-ring (bicyclic) bond motifs is 2. The molecule has 8 nitrogen and oxygen atoms in total. The predicted molar refractivity (Wildman–Crippen MR) is 132 cm³/mol. The Morgan fingerprint density at radius 1 is 0.971 bits per heavy atom. The van der Waals surface area contributed by atoms with Crippen LogP contribution in [0, 0.1) is 0 Å². The van der Waals surface area contributed by atoms with Gasteiger partial charge in [-0.3, -0.25) is 0 Å². The molecular weight excluding hydrogens is 475 g/mol. The van der Waals surface area contributed by atoms with E-state index in [9.17, 15) is 4.79 Å². The molecule has 4 N–H and O–H groups in total. The number of rotatable bonds is 4. The Kier molecular flexibility index (Phi) is 5.77. The predicted octanol–water partition coefficient (Wildman–Crippen LogP) is 4.73. The van der Waals surface area contributed by atoms with Crippen LogP contribution in [0.25, 0.3) is 22.6 Å².